The summed E-state index contributed by atoms with van der Waals surface area (Å²) in [5.41, 5.74) is 4.58. The fraction of sp³-hybridized carbons (Fsp3) is 0.667. The Morgan fingerprint density at radius 1 is 1.38 bits per heavy atom. The molecule has 0 atom stereocenters. The van der Waals surface area contributed by atoms with Crippen molar-refractivity contribution in [3.05, 3.63) is 6.20 Å². The summed E-state index contributed by atoms with van der Waals surface area (Å²) < 4.78 is 28.3. The van der Waals surface area contributed by atoms with Crippen molar-refractivity contribution >= 4 is 21.7 Å². The zero-order valence-corrected chi connectivity index (χ0v) is 13.5. The van der Waals surface area contributed by atoms with Crippen LogP contribution in [0, 0.1) is 0 Å². The highest BCUT2D eigenvalue weighted by Gasteiger charge is 2.47. The second kappa shape index (κ2) is 4.99. The molecule has 1 aliphatic rings. The molecule has 0 spiro atoms. The highest BCUT2D eigenvalue weighted by atomic mass is 32.2. The number of likely N-dealkylation sites (N-methyl/N-ethyl adjacent to an activating group) is 1. The van der Waals surface area contributed by atoms with E-state index in [0.29, 0.717) is 13.1 Å². The van der Waals surface area contributed by atoms with E-state index in [1.807, 2.05) is 6.92 Å². The first-order valence-electron chi connectivity index (χ1n) is 6.73. The van der Waals surface area contributed by atoms with E-state index in [0.717, 1.165) is 0 Å². The molecule has 1 saturated heterocycles. The summed E-state index contributed by atoms with van der Waals surface area (Å²) in [6.07, 6.45) is 1.41. The van der Waals surface area contributed by atoms with Crippen LogP contribution in [0.5, 0.6) is 0 Å². The normalized spacial score (nSPS) is 20.0. The minimum atomic E-state index is -3.87. The molecule has 0 unspecified atom stereocenters. The van der Waals surface area contributed by atoms with Gasteiger partial charge in [-0.25, -0.2) is 8.42 Å². The van der Waals surface area contributed by atoms with E-state index in [2.05, 4.69) is 5.10 Å². The van der Waals surface area contributed by atoms with Gasteiger partial charge in [-0.05, 0) is 20.8 Å². The minimum Gasteiger partial charge on any atom is -0.381 e. The molecule has 9 heteroatoms. The molecule has 2 heterocycles. The van der Waals surface area contributed by atoms with E-state index in [4.69, 9.17) is 5.73 Å². The zero-order chi connectivity index (χ0) is 16.0. The van der Waals surface area contributed by atoms with E-state index in [-0.39, 0.29) is 23.2 Å². The molecule has 0 saturated carbocycles. The summed E-state index contributed by atoms with van der Waals surface area (Å²) in [6.45, 7) is 6.14. The lowest BCUT2D eigenvalue weighted by Gasteiger charge is -2.43. The molecule has 0 aliphatic carbocycles. The van der Waals surface area contributed by atoms with Crippen LogP contribution in [0.4, 0.5) is 5.82 Å². The lowest BCUT2D eigenvalue weighted by Crippen LogP contribution is -2.63. The highest BCUT2D eigenvalue weighted by Crippen LogP contribution is 2.30. The number of sulfonamides is 1. The van der Waals surface area contributed by atoms with Gasteiger partial charge in [0, 0.05) is 32.9 Å². The first-order chi connectivity index (χ1) is 9.62. The van der Waals surface area contributed by atoms with Crippen molar-refractivity contribution < 1.29 is 13.2 Å². The number of piperazine rings is 1. The maximum atomic E-state index is 12.8. The van der Waals surface area contributed by atoms with Crippen molar-refractivity contribution in [3.63, 3.8) is 0 Å². The molecule has 8 nitrogen and oxygen atoms in total. The SMILES string of the molecule is CCn1cc(S(=O)(=O)N2CCN(C)C(=O)C2(C)C)c(N)n1. The summed E-state index contributed by atoms with van der Waals surface area (Å²) >= 11 is 0. The third kappa shape index (κ3) is 2.40. The number of nitrogens with zero attached hydrogens (tertiary/aromatic N) is 4. The van der Waals surface area contributed by atoms with Crippen molar-refractivity contribution in [2.24, 2.45) is 0 Å². The molecule has 1 aromatic rings. The van der Waals surface area contributed by atoms with E-state index in [1.165, 1.54) is 20.1 Å². The molecule has 21 heavy (non-hydrogen) atoms. The zero-order valence-electron chi connectivity index (χ0n) is 12.7. The summed E-state index contributed by atoms with van der Waals surface area (Å²) in [5.74, 6) is -0.280. The Morgan fingerprint density at radius 3 is 2.52 bits per heavy atom. The number of rotatable bonds is 3. The van der Waals surface area contributed by atoms with Crippen LogP contribution in [-0.2, 0) is 21.4 Å². The average Bonchev–Trinajstić information content (AvgIpc) is 2.77. The maximum Gasteiger partial charge on any atom is 0.249 e. The van der Waals surface area contributed by atoms with E-state index >= 15 is 0 Å². The second-order valence-corrected chi connectivity index (χ2v) is 7.43. The van der Waals surface area contributed by atoms with Gasteiger partial charge in [0.25, 0.3) is 0 Å². The number of hydrogen-bond donors (Lipinski definition) is 1. The van der Waals surface area contributed by atoms with Crippen molar-refractivity contribution in [1.29, 1.82) is 0 Å². The van der Waals surface area contributed by atoms with Crippen LogP contribution in [0.25, 0.3) is 0 Å². The summed E-state index contributed by atoms with van der Waals surface area (Å²) in [4.78, 5) is 13.7. The topological polar surface area (TPSA) is 102 Å². The molecule has 2 rings (SSSR count). The molecule has 2 N–H and O–H groups in total. The van der Waals surface area contributed by atoms with Crippen molar-refractivity contribution in [3.8, 4) is 0 Å². The van der Waals surface area contributed by atoms with Gasteiger partial charge >= 0.3 is 0 Å². The summed E-state index contributed by atoms with van der Waals surface area (Å²) in [5, 5.41) is 3.97. The van der Waals surface area contributed by atoms with Gasteiger partial charge < -0.3 is 10.6 Å². The number of nitrogens with two attached hydrogens (primary N) is 1. The number of carbonyl (C=O) groups is 1. The predicted octanol–water partition coefficient (Wildman–Crippen LogP) is -0.273. The molecule has 1 fully saturated rings. The highest BCUT2D eigenvalue weighted by molar-refractivity contribution is 7.89. The Balaban J connectivity index is 2.48. The number of amides is 1. The van der Waals surface area contributed by atoms with Gasteiger partial charge in [0.2, 0.25) is 15.9 Å². The molecular weight excluding hydrogens is 294 g/mol. The smallest absolute Gasteiger partial charge is 0.249 e. The van der Waals surface area contributed by atoms with Crippen LogP contribution >= 0.6 is 0 Å². The van der Waals surface area contributed by atoms with Crippen LogP contribution in [-0.4, -0.2) is 59.0 Å². The Labute approximate surface area is 124 Å². The quantitative estimate of drug-likeness (QED) is 0.827. The van der Waals surface area contributed by atoms with Crippen molar-refractivity contribution in [2.45, 2.75) is 37.8 Å². The number of aromatic nitrogens is 2. The fourth-order valence-corrected chi connectivity index (χ4v) is 4.31. The number of aryl methyl sites for hydroxylation is 1. The van der Waals surface area contributed by atoms with Crippen LogP contribution in [0.1, 0.15) is 20.8 Å². The van der Waals surface area contributed by atoms with Gasteiger partial charge in [-0.2, -0.15) is 9.40 Å². The Bertz CT molecular complexity index is 664. The number of hydrogen-bond acceptors (Lipinski definition) is 5. The minimum absolute atomic E-state index is 0.0426. The Morgan fingerprint density at radius 2 is 2.00 bits per heavy atom. The molecule has 1 aromatic heterocycles. The predicted molar refractivity (Wildman–Crippen MR) is 77.9 cm³/mol. The average molecular weight is 315 g/mol. The fourth-order valence-electron chi connectivity index (χ4n) is 2.51. The van der Waals surface area contributed by atoms with E-state index in [1.54, 1.807) is 20.9 Å². The standard InChI is InChI=1S/C12H21N5O3S/c1-5-16-8-9(10(13)14-16)21(19,20)17-7-6-15(4)11(18)12(17,2)3/h8H,5-7H2,1-4H3,(H2,13,14). The van der Waals surface area contributed by atoms with Crippen molar-refractivity contribution in [2.75, 3.05) is 25.9 Å². The number of anilines is 1. The molecule has 1 amide bonds. The van der Waals surface area contributed by atoms with Gasteiger partial charge in [0.15, 0.2) is 5.82 Å². The Kier molecular flexibility index (Phi) is 3.75. The van der Waals surface area contributed by atoms with Gasteiger partial charge in [0.1, 0.15) is 10.4 Å². The van der Waals surface area contributed by atoms with E-state index < -0.39 is 15.6 Å². The van der Waals surface area contributed by atoms with Crippen LogP contribution < -0.4 is 5.73 Å². The first-order valence-corrected chi connectivity index (χ1v) is 8.17. The van der Waals surface area contributed by atoms with Crippen LogP contribution in [0.15, 0.2) is 11.1 Å². The Hall–Kier alpha value is -1.61. The number of carbonyl (C=O) groups excluding carboxylic acids is 1. The number of nitrogen functional groups attached to an aromatic ring is 1. The van der Waals surface area contributed by atoms with E-state index in [9.17, 15) is 13.2 Å². The first kappa shape index (κ1) is 15.8. The third-order valence-electron chi connectivity index (χ3n) is 3.78. The third-order valence-corrected chi connectivity index (χ3v) is 5.87. The van der Waals surface area contributed by atoms with Crippen LogP contribution in [0.3, 0.4) is 0 Å². The second-order valence-electron chi connectivity index (χ2n) is 5.60. The van der Waals surface area contributed by atoms with Gasteiger partial charge in [-0.15, -0.1) is 0 Å². The molecule has 0 aromatic carbocycles. The molecule has 118 valence electrons. The van der Waals surface area contributed by atoms with Gasteiger partial charge in [0.05, 0.1) is 0 Å². The monoisotopic (exact) mass is 315 g/mol. The molecule has 0 radical (unpaired) electrons. The molecular formula is C12H21N5O3S. The van der Waals surface area contributed by atoms with Crippen molar-refractivity contribution in [1.82, 2.24) is 19.0 Å². The molecule has 0 bridgehead atoms. The van der Waals surface area contributed by atoms with Gasteiger partial charge in [-0.1, -0.05) is 0 Å². The maximum absolute atomic E-state index is 12.8. The lowest BCUT2D eigenvalue weighted by atomic mass is 10.0. The summed E-state index contributed by atoms with van der Waals surface area (Å²) in [6, 6.07) is 0. The lowest BCUT2D eigenvalue weighted by molar-refractivity contribution is -0.142. The van der Waals surface area contributed by atoms with Gasteiger partial charge in [-0.3, -0.25) is 9.48 Å². The van der Waals surface area contributed by atoms with Crippen LogP contribution in [0.2, 0.25) is 0 Å². The molecule has 1 aliphatic heterocycles. The largest absolute Gasteiger partial charge is 0.381 e. The summed E-state index contributed by atoms with van der Waals surface area (Å²) in [7, 11) is -2.20.